The van der Waals surface area contributed by atoms with E-state index in [0.29, 0.717) is 6.42 Å². The zero-order chi connectivity index (χ0) is 34.7. The largest absolute Gasteiger partial charge is 0.414 e. The quantitative estimate of drug-likeness (QED) is 0.117. The smallest absolute Gasteiger partial charge is 0.261 e. The second kappa shape index (κ2) is 18.1. The summed E-state index contributed by atoms with van der Waals surface area (Å²) in [6.07, 6.45) is 6.93. The summed E-state index contributed by atoms with van der Waals surface area (Å²) in [4.78, 5) is 0. The number of hydrogen-bond acceptors (Lipinski definition) is 4. The maximum Gasteiger partial charge on any atom is 0.261 e. The third-order valence-corrected chi connectivity index (χ3v) is 21.7. The molecule has 1 N–H and O–H groups in total. The molecule has 0 radical (unpaired) electrons. The zero-order valence-corrected chi connectivity index (χ0v) is 34.4. The molecule has 1 fully saturated rings. The van der Waals surface area contributed by atoms with Gasteiger partial charge in [-0.1, -0.05) is 127 Å². The molecule has 0 aromatic heterocycles. The van der Waals surface area contributed by atoms with Crippen molar-refractivity contribution in [2.24, 2.45) is 0 Å². The molecule has 2 aromatic rings. The summed E-state index contributed by atoms with van der Waals surface area (Å²) in [7, 11) is -5.77. The number of rotatable bonds is 19. The second-order valence-electron chi connectivity index (χ2n) is 16.4. The molecule has 0 bridgehead atoms. The van der Waals surface area contributed by atoms with Crippen LogP contribution in [0.4, 0.5) is 0 Å². The van der Waals surface area contributed by atoms with Gasteiger partial charge in [-0.15, -0.1) is 6.58 Å². The Hall–Kier alpha value is -1.33. The van der Waals surface area contributed by atoms with E-state index in [2.05, 4.69) is 128 Å². The van der Waals surface area contributed by atoms with Gasteiger partial charge in [0.15, 0.2) is 8.32 Å². The van der Waals surface area contributed by atoms with Crippen molar-refractivity contribution >= 4 is 35.1 Å². The predicted octanol–water partition coefficient (Wildman–Crippen LogP) is 9.71. The SMILES string of the molecule is C=C(C[C@@H](C[C@H]1CCC[C@@H](C[C@H](CCO)O[Si](c2ccccc2)(c2ccccc2)C(C)(C)C)O1)O[Si](CC)(CC)CC)C[Si](C)(C)C. The maximum atomic E-state index is 10.3. The number of aliphatic hydroxyl groups excluding tert-OH is 1. The molecule has 7 heteroatoms. The van der Waals surface area contributed by atoms with Crippen LogP contribution in [-0.2, 0) is 13.6 Å². The van der Waals surface area contributed by atoms with E-state index >= 15 is 0 Å². The Kier molecular flexibility index (Phi) is 15.4. The average Bonchev–Trinajstić information content (AvgIpc) is 3.02. The molecule has 47 heavy (non-hydrogen) atoms. The van der Waals surface area contributed by atoms with Crippen molar-refractivity contribution in [2.75, 3.05) is 6.61 Å². The third-order valence-electron chi connectivity index (χ3n) is 10.3. The third kappa shape index (κ3) is 11.3. The Morgan fingerprint density at radius 3 is 1.74 bits per heavy atom. The van der Waals surface area contributed by atoms with Crippen molar-refractivity contribution in [3.8, 4) is 0 Å². The van der Waals surface area contributed by atoms with E-state index in [4.69, 9.17) is 13.6 Å². The van der Waals surface area contributed by atoms with Crippen LogP contribution in [0.2, 0.25) is 48.9 Å². The molecule has 0 spiro atoms. The van der Waals surface area contributed by atoms with Gasteiger partial charge in [-0.2, -0.15) is 0 Å². The van der Waals surface area contributed by atoms with Crippen LogP contribution in [0, 0.1) is 0 Å². The molecule has 0 aliphatic carbocycles. The highest BCUT2D eigenvalue weighted by Gasteiger charge is 2.51. The van der Waals surface area contributed by atoms with Crippen molar-refractivity contribution in [2.45, 2.75) is 160 Å². The summed E-state index contributed by atoms with van der Waals surface area (Å²) >= 11 is 0. The highest BCUT2D eigenvalue weighted by Crippen LogP contribution is 2.39. The number of hydrogen-bond donors (Lipinski definition) is 1. The first kappa shape index (κ1) is 40.1. The summed E-state index contributed by atoms with van der Waals surface area (Å²) in [5.41, 5.74) is 1.36. The van der Waals surface area contributed by atoms with Crippen LogP contribution in [-0.4, -0.2) is 60.8 Å². The molecule has 4 atom stereocenters. The molecule has 0 saturated carbocycles. The monoisotopic (exact) mass is 696 g/mol. The molecular weight excluding hydrogens is 629 g/mol. The topological polar surface area (TPSA) is 47.9 Å². The summed E-state index contributed by atoms with van der Waals surface area (Å²) in [6.45, 7) is 25.9. The van der Waals surface area contributed by atoms with E-state index in [1.807, 2.05) is 0 Å². The Bertz CT molecular complexity index is 1140. The molecule has 4 nitrogen and oxygen atoms in total. The van der Waals surface area contributed by atoms with Crippen molar-refractivity contribution in [3.63, 3.8) is 0 Å². The van der Waals surface area contributed by atoms with E-state index in [1.54, 1.807) is 0 Å². The lowest BCUT2D eigenvalue weighted by molar-refractivity contribution is -0.0820. The minimum Gasteiger partial charge on any atom is -0.414 e. The first-order chi connectivity index (χ1) is 22.2. The van der Waals surface area contributed by atoms with Gasteiger partial charge < -0.3 is 18.7 Å². The van der Waals surface area contributed by atoms with Gasteiger partial charge in [0.05, 0.1) is 24.4 Å². The highest BCUT2D eigenvalue weighted by molar-refractivity contribution is 6.99. The molecule has 3 rings (SSSR count). The van der Waals surface area contributed by atoms with Gasteiger partial charge >= 0.3 is 0 Å². The normalized spacial score (nSPS) is 19.4. The lowest BCUT2D eigenvalue weighted by atomic mass is 9.95. The molecule has 1 saturated heterocycles. The Morgan fingerprint density at radius 1 is 0.830 bits per heavy atom. The molecule has 1 aliphatic heterocycles. The van der Waals surface area contributed by atoms with Crippen LogP contribution < -0.4 is 10.4 Å². The number of benzene rings is 2. The van der Waals surface area contributed by atoms with E-state index < -0.39 is 24.7 Å². The van der Waals surface area contributed by atoms with Crippen LogP contribution in [0.15, 0.2) is 72.8 Å². The molecule has 264 valence electrons. The van der Waals surface area contributed by atoms with Crippen LogP contribution in [0.3, 0.4) is 0 Å². The minimum absolute atomic E-state index is 0.0982. The lowest BCUT2D eigenvalue weighted by Gasteiger charge is -2.46. The van der Waals surface area contributed by atoms with Crippen LogP contribution >= 0.6 is 0 Å². The fourth-order valence-electron chi connectivity index (χ4n) is 7.90. The van der Waals surface area contributed by atoms with Gasteiger partial charge in [-0.3, -0.25) is 0 Å². The van der Waals surface area contributed by atoms with Crippen LogP contribution in [0.25, 0.3) is 0 Å². The van der Waals surface area contributed by atoms with Gasteiger partial charge in [-0.25, -0.2) is 0 Å². The van der Waals surface area contributed by atoms with E-state index in [0.717, 1.165) is 62.7 Å². The molecule has 1 heterocycles. The second-order valence-corrected chi connectivity index (χ2v) is 30.8. The molecule has 0 unspecified atom stereocenters. The van der Waals surface area contributed by atoms with Crippen molar-refractivity contribution < 1.29 is 18.7 Å². The summed E-state index contributed by atoms with van der Waals surface area (Å²) in [5, 5.41) is 12.7. The molecule has 2 aromatic carbocycles. The van der Waals surface area contributed by atoms with E-state index in [-0.39, 0.29) is 36.1 Å². The standard InChI is InChI=1S/C40H68O4Si3/c1-11-46(12-2,13-3)43-37(29-33(4)32-45(8,9)10)31-35-22-20-21-34(42-35)30-36(27-28-41)44-47(40(5,6)7,38-23-16-14-17-24-38)39-25-18-15-19-26-39/h14-19,23-26,34-37,41H,4,11-13,20-22,27-32H2,1-3,5-10H3/t34-,35+,36-,37-/m0/s1. The lowest BCUT2D eigenvalue weighted by Crippen LogP contribution is -2.68. The van der Waals surface area contributed by atoms with Crippen LogP contribution in [0.5, 0.6) is 0 Å². The Balaban J connectivity index is 1.85. The first-order valence-corrected chi connectivity index (χ1v) is 26.7. The highest BCUT2D eigenvalue weighted by atomic mass is 28.4. The Morgan fingerprint density at radius 2 is 1.32 bits per heavy atom. The molecule has 1 aliphatic rings. The molecule has 0 amide bonds. The van der Waals surface area contributed by atoms with Crippen molar-refractivity contribution in [1.29, 1.82) is 0 Å². The predicted molar refractivity (Wildman–Crippen MR) is 210 cm³/mol. The van der Waals surface area contributed by atoms with Crippen molar-refractivity contribution in [1.82, 2.24) is 0 Å². The molecular formula is C40H68O4Si3. The fraction of sp³-hybridized carbons (Fsp3) is 0.650. The Labute approximate surface area is 292 Å². The van der Waals surface area contributed by atoms with E-state index in [9.17, 15) is 5.11 Å². The maximum absolute atomic E-state index is 10.3. The summed E-state index contributed by atoms with van der Waals surface area (Å²) in [6, 6.07) is 26.3. The van der Waals surface area contributed by atoms with Crippen LogP contribution in [0.1, 0.15) is 86.5 Å². The average molecular weight is 697 g/mol. The summed E-state index contributed by atoms with van der Waals surface area (Å²) < 4.78 is 21.7. The van der Waals surface area contributed by atoms with Gasteiger partial charge in [0.2, 0.25) is 0 Å². The first-order valence-electron chi connectivity index (χ1n) is 18.6. The zero-order valence-electron chi connectivity index (χ0n) is 31.4. The van der Waals surface area contributed by atoms with Gasteiger partial charge in [0.1, 0.15) is 0 Å². The fourth-order valence-corrected chi connectivity index (χ4v) is 17.2. The van der Waals surface area contributed by atoms with Crippen molar-refractivity contribution in [3.05, 3.63) is 72.8 Å². The number of aliphatic hydroxyl groups is 1. The minimum atomic E-state index is -2.74. The summed E-state index contributed by atoms with van der Waals surface area (Å²) in [5.74, 6) is 0. The van der Waals surface area contributed by atoms with Gasteiger partial charge in [0, 0.05) is 14.7 Å². The number of ether oxygens (including phenoxy) is 1. The van der Waals surface area contributed by atoms with Gasteiger partial charge in [-0.05, 0) is 84.5 Å². The van der Waals surface area contributed by atoms with E-state index in [1.165, 1.54) is 15.9 Å². The van der Waals surface area contributed by atoms with Gasteiger partial charge in [0.25, 0.3) is 8.32 Å².